The number of hydrogen-bond donors (Lipinski definition) is 0. The first kappa shape index (κ1) is 78.7. The van der Waals surface area contributed by atoms with Crippen LogP contribution < -0.4 is 0 Å². The first-order valence-corrected chi connectivity index (χ1v) is 34.8. The normalized spacial score (nSPS) is 8.67. The van der Waals surface area contributed by atoms with Gasteiger partial charge in [0.15, 0.2) is 0 Å². The summed E-state index contributed by atoms with van der Waals surface area (Å²) in [6.45, 7) is 7.61. The Bertz CT molecular complexity index is 1050. The first-order valence-electron chi connectivity index (χ1n) is 12.9. The molecule has 0 aliphatic heterocycles. The third-order valence-corrected chi connectivity index (χ3v) is 12.1. The van der Waals surface area contributed by atoms with Gasteiger partial charge in [-0.3, -0.25) is 19.9 Å². The van der Waals surface area contributed by atoms with Crippen molar-refractivity contribution in [3.05, 3.63) is 191 Å². The summed E-state index contributed by atoms with van der Waals surface area (Å²) in [4.78, 5) is 15.1. The smallest absolute Gasteiger partial charge is 0.0267 e. The molecule has 4 aromatic rings. The Morgan fingerprint density at radius 3 is 0.519 bits per heavy atom. The monoisotopic (exact) mass is 1260 g/mol. The maximum Gasteiger partial charge on any atom is 0.0267 e. The van der Waals surface area contributed by atoms with E-state index in [0.29, 0.717) is 0 Å². The molecular weight excluding hydrogens is 1200 g/mol. The molecule has 0 spiro atoms. The van der Waals surface area contributed by atoms with Crippen LogP contribution in [0, 0.1) is 44.6 Å². The molecule has 0 saturated carbocycles. The standard InChI is InChI=1S/4C5H5N.2C4H6.2C2H4.6CH3.8ClH.4Ru/c4*1-2-4-6-5-3-1;2*1-3-4-2;2*1-2;;;;;;;;;;;;;;;;;;/h4*1-5H;2*1,3-4H,2H3;2*1H,2H3;6*1H3;8*1H;;;;/q;;;;;;;;6*-1;;;;;;;;;4*+2/p-8/b;;;;2*4-3+;;;;;;;;;;;;;;;;;;;;. The minimum absolute atomic E-state index is 0. The molecule has 4 rings (SSSR count). The SMILES string of the molecule is C/C=C/[CH]=[Ru]([Cl])[Cl].C/C=C/[CH]=[Ru]([Cl])[Cl].C[CH]=[Ru]([Cl])[Cl].C[CH]=[Ru]([Cl])[Cl].[CH3-].[CH3-].[CH3-].[CH3-].[CH3-].[CH3-].c1ccncc1.c1ccncc1.c1ccncc1.c1ccncc1. The van der Waals surface area contributed by atoms with Gasteiger partial charge in [0.05, 0.1) is 0 Å². The number of hydrogen-bond acceptors (Lipinski definition) is 4. The molecule has 0 saturated heterocycles. The van der Waals surface area contributed by atoms with Crippen LogP contribution in [0.1, 0.15) is 27.7 Å². The molecule has 0 unspecified atom stereocenters. The Morgan fingerprint density at radius 2 is 0.481 bits per heavy atom. The van der Waals surface area contributed by atoms with Crippen LogP contribution in [-0.4, -0.2) is 38.4 Å². The Kier molecular flexibility index (Phi) is 108. The molecule has 0 aliphatic carbocycles. The van der Waals surface area contributed by atoms with Crippen molar-refractivity contribution in [1.82, 2.24) is 19.9 Å². The topological polar surface area (TPSA) is 51.6 Å². The molecule has 4 aromatic heterocycles. The van der Waals surface area contributed by atoms with Crippen LogP contribution in [0.2, 0.25) is 0 Å². The van der Waals surface area contributed by atoms with Crippen LogP contribution in [0.25, 0.3) is 0 Å². The van der Waals surface area contributed by atoms with Crippen LogP contribution in [0.3, 0.4) is 0 Å². The fraction of sp³-hybridized carbons (Fsp3) is 0.105. The Balaban J connectivity index is -0.0000000505. The summed E-state index contributed by atoms with van der Waals surface area (Å²) < 4.78 is 7.36. The second-order valence-corrected chi connectivity index (χ2v) is 30.7. The number of allylic oxidation sites excluding steroid dienone is 4. The summed E-state index contributed by atoms with van der Waals surface area (Å²) >= 11 is -5.71. The van der Waals surface area contributed by atoms with E-state index in [2.05, 4.69) is 19.9 Å². The van der Waals surface area contributed by atoms with Crippen molar-refractivity contribution in [1.29, 1.82) is 0 Å². The molecule has 54 heavy (non-hydrogen) atoms. The average Bonchev–Trinajstić information content (AvgIpc) is 3.14. The van der Waals surface area contributed by atoms with Gasteiger partial charge in [0.2, 0.25) is 0 Å². The predicted octanol–water partition coefficient (Wildman–Crippen LogP) is 15.1. The average molecular weight is 1260 g/mol. The van der Waals surface area contributed by atoms with E-state index >= 15 is 0 Å². The largest absolute Gasteiger partial charge is 0.358 e. The van der Waals surface area contributed by atoms with Gasteiger partial charge in [-0.05, 0) is 48.5 Å². The molecule has 0 aliphatic rings. The van der Waals surface area contributed by atoms with Crippen LogP contribution >= 0.6 is 77.5 Å². The van der Waals surface area contributed by atoms with E-state index in [9.17, 15) is 0 Å². The summed E-state index contributed by atoms with van der Waals surface area (Å²) in [5, 5.41) is 0. The van der Waals surface area contributed by atoms with E-state index in [1.165, 1.54) is 0 Å². The van der Waals surface area contributed by atoms with Gasteiger partial charge >= 0.3 is 202 Å². The van der Waals surface area contributed by atoms with Gasteiger partial charge in [0.1, 0.15) is 0 Å². The van der Waals surface area contributed by atoms with E-state index in [1.807, 2.05) is 143 Å². The number of nitrogens with zero attached hydrogens (tertiary/aromatic N) is 4. The molecule has 0 N–H and O–H groups in total. The number of pyridine rings is 4. The minimum Gasteiger partial charge on any atom is -0.358 e. The third-order valence-electron chi connectivity index (χ3n) is 3.27. The summed E-state index contributed by atoms with van der Waals surface area (Å²) in [5.41, 5.74) is 0. The molecular formula is C38H58Cl8N4Ru4-6. The molecule has 0 radical (unpaired) electrons. The van der Waals surface area contributed by atoms with Crippen molar-refractivity contribution < 1.29 is 54.1 Å². The number of rotatable bonds is 2. The van der Waals surface area contributed by atoms with Crippen LogP contribution in [-0.2, 0) is 54.1 Å². The molecule has 324 valence electrons. The summed E-state index contributed by atoms with van der Waals surface area (Å²) in [6.07, 6.45) is 21.6. The molecule has 4 nitrogen and oxygen atoms in total. The van der Waals surface area contributed by atoms with Gasteiger partial charge in [-0.1, -0.05) is 24.3 Å². The molecule has 0 bridgehead atoms. The fourth-order valence-electron chi connectivity index (χ4n) is 1.49. The Labute approximate surface area is 384 Å². The fourth-order valence-corrected chi connectivity index (χ4v) is 3.88. The van der Waals surface area contributed by atoms with Crippen molar-refractivity contribution in [3.63, 3.8) is 0 Å². The van der Waals surface area contributed by atoms with E-state index in [1.54, 1.807) is 49.6 Å². The minimum atomic E-state index is -1.49. The third kappa shape index (κ3) is 104. The van der Waals surface area contributed by atoms with Crippen molar-refractivity contribution in [3.8, 4) is 0 Å². The predicted molar refractivity (Wildman–Crippen MR) is 247 cm³/mol. The summed E-state index contributed by atoms with van der Waals surface area (Å²) in [5.74, 6) is 0. The van der Waals surface area contributed by atoms with E-state index < -0.39 is 54.1 Å². The number of halogens is 8. The van der Waals surface area contributed by atoms with E-state index in [0.717, 1.165) is 0 Å². The Hall–Kier alpha value is 0.374. The van der Waals surface area contributed by atoms with Crippen molar-refractivity contribution in [2.24, 2.45) is 0 Å². The molecule has 16 heteroatoms. The molecule has 0 amide bonds. The second-order valence-electron chi connectivity index (χ2n) is 6.61. The zero-order chi connectivity index (χ0) is 36.9. The summed E-state index contributed by atoms with van der Waals surface area (Å²) in [7, 11) is 43.1. The van der Waals surface area contributed by atoms with Crippen molar-refractivity contribution >= 4 is 96.0 Å². The second kappa shape index (κ2) is 74.4. The van der Waals surface area contributed by atoms with Gasteiger partial charge in [0.25, 0.3) is 0 Å². The summed E-state index contributed by atoms with van der Waals surface area (Å²) in [6, 6.07) is 22.9. The van der Waals surface area contributed by atoms with Gasteiger partial charge in [-0.15, -0.1) is 0 Å². The Morgan fingerprint density at radius 1 is 0.315 bits per heavy atom. The molecule has 0 atom stereocenters. The molecule has 4 heterocycles. The molecule has 0 fully saturated rings. The van der Waals surface area contributed by atoms with Gasteiger partial charge < -0.3 is 44.6 Å². The van der Waals surface area contributed by atoms with Crippen LogP contribution in [0.5, 0.6) is 0 Å². The number of aromatic nitrogens is 4. The zero-order valence-corrected chi connectivity index (χ0v) is 45.4. The van der Waals surface area contributed by atoms with Gasteiger partial charge in [-0.2, -0.15) is 0 Å². The van der Waals surface area contributed by atoms with E-state index in [-0.39, 0.29) is 44.6 Å². The van der Waals surface area contributed by atoms with Crippen molar-refractivity contribution in [2.45, 2.75) is 27.7 Å². The van der Waals surface area contributed by atoms with Gasteiger partial charge in [-0.25, -0.2) is 0 Å². The maximum atomic E-state index is 5.46. The van der Waals surface area contributed by atoms with Gasteiger partial charge in [0, 0.05) is 49.6 Å². The van der Waals surface area contributed by atoms with Crippen molar-refractivity contribution in [2.75, 3.05) is 0 Å². The maximum absolute atomic E-state index is 5.46. The van der Waals surface area contributed by atoms with Crippen LogP contribution in [0.15, 0.2) is 147 Å². The quantitative estimate of drug-likeness (QED) is 0.148. The van der Waals surface area contributed by atoms with E-state index in [4.69, 9.17) is 77.5 Å². The zero-order valence-electron chi connectivity index (χ0n) is 32.4. The van der Waals surface area contributed by atoms with Crippen LogP contribution in [0.4, 0.5) is 0 Å². The first-order chi connectivity index (χ1) is 23.1. The molecule has 0 aromatic carbocycles.